The highest BCUT2D eigenvalue weighted by Gasteiger charge is 2.22. The van der Waals surface area contributed by atoms with E-state index in [2.05, 4.69) is 16.3 Å². The first-order valence-corrected chi connectivity index (χ1v) is 14.8. The zero-order chi connectivity index (χ0) is 27.0. The van der Waals surface area contributed by atoms with E-state index in [0.717, 1.165) is 22.4 Å². The normalized spacial score (nSPS) is 11.7. The second-order valence-corrected chi connectivity index (χ2v) is 13.6. The molecule has 2 heterocycles. The van der Waals surface area contributed by atoms with E-state index in [9.17, 15) is 14.9 Å². The fourth-order valence-electron chi connectivity index (χ4n) is 4.36. The molecule has 0 aliphatic carbocycles. The molecule has 0 aliphatic heterocycles. The topological polar surface area (TPSA) is 93.3 Å². The lowest BCUT2D eigenvalue weighted by Crippen LogP contribution is -2.19. The molecule has 2 aromatic heterocycles. The number of aromatic amines is 1. The van der Waals surface area contributed by atoms with E-state index in [1.54, 1.807) is 19.1 Å². The van der Waals surface area contributed by atoms with Crippen molar-refractivity contribution in [2.45, 2.75) is 6.92 Å². The van der Waals surface area contributed by atoms with Gasteiger partial charge in [0.25, 0.3) is 11.2 Å². The fraction of sp³-hybridized carbons (Fsp3) is 0.133. The Kier molecular flexibility index (Phi) is 6.39. The summed E-state index contributed by atoms with van der Waals surface area (Å²) in [5.74, 6) is 2.99. The van der Waals surface area contributed by atoms with E-state index in [0.29, 0.717) is 22.5 Å². The molecule has 0 amide bonds. The number of nitrogens with zero attached hydrogens (tertiary/aromatic N) is 3. The van der Waals surface area contributed by atoms with Crippen LogP contribution in [0.5, 0.6) is 0 Å². The monoisotopic (exact) mass is 522 g/mol. The van der Waals surface area contributed by atoms with Crippen molar-refractivity contribution in [1.82, 2.24) is 14.6 Å². The molecular weight excluding hydrogens is 496 g/mol. The zero-order valence-electron chi connectivity index (χ0n) is 21.5. The number of benzene rings is 3. The minimum Gasteiger partial charge on any atom is -0.288 e. The van der Waals surface area contributed by atoms with Crippen LogP contribution in [0.25, 0.3) is 39.2 Å². The minimum absolute atomic E-state index is 0.0886. The maximum atomic E-state index is 14.0. The van der Waals surface area contributed by atoms with E-state index in [-0.39, 0.29) is 16.8 Å². The van der Waals surface area contributed by atoms with Gasteiger partial charge in [-0.15, -0.1) is 0 Å². The first-order valence-electron chi connectivity index (χ1n) is 11.9. The highest BCUT2D eigenvalue weighted by atomic mass is 32.3. The number of nitro benzene ring substituents is 1. The zero-order valence-corrected chi connectivity index (χ0v) is 22.3. The van der Waals surface area contributed by atoms with Crippen molar-refractivity contribution in [3.8, 4) is 44.7 Å². The van der Waals surface area contributed by atoms with Crippen LogP contribution in [0.2, 0.25) is 0 Å². The molecule has 8 heteroatoms. The fourth-order valence-corrected chi connectivity index (χ4v) is 4.78. The van der Waals surface area contributed by atoms with Crippen molar-refractivity contribution in [2.24, 2.45) is 0 Å². The van der Waals surface area contributed by atoms with Crippen molar-refractivity contribution in [1.29, 1.82) is 0 Å². The molecule has 0 saturated heterocycles. The van der Waals surface area contributed by atoms with Crippen LogP contribution in [-0.4, -0.2) is 38.3 Å². The van der Waals surface area contributed by atoms with Gasteiger partial charge >= 0.3 is 0 Å². The Morgan fingerprint density at radius 3 is 2.13 bits per heavy atom. The Bertz CT molecular complexity index is 1810. The third kappa shape index (κ3) is 4.72. The number of nitrogens with one attached hydrogen (secondary N) is 1. The lowest BCUT2D eigenvalue weighted by atomic mass is 10.0. The average molecular weight is 523 g/mol. The van der Waals surface area contributed by atoms with Crippen LogP contribution in [0.15, 0.2) is 83.7 Å². The molecule has 0 fully saturated rings. The van der Waals surface area contributed by atoms with Gasteiger partial charge in [-0.3, -0.25) is 20.0 Å². The Hall–Kier alpha value is -4.61. The Balaban J connectivity index is 1.78. The van der Waals surface area contributed by atoms with Crippen LogP contribution >= 0.6 is 10.0 Å². The first kappa shape index (κ1) is 25.1. The van der Waals surface area contributed by atoms with Crippen molar-refractivity contribution in [2.75, 3.05) is 18.8 Å². The Morgan fingerprint density at radius 2 is 1.53 bits per heavy atom. The number of aromatic nitrogens is 3. The summed E-state index contributed by atoms with van der Waals surface area (Å²) < 4.78 is 1.46. The van der Waals surface area contributed by atoms with E-state index in [4.69, 9.17) is 4.98 Å². The van der Waals surface area contributed by atoms with Crippen LogP contribution in [0.1, 0.15) is 11.3 Å². The summed E-state index contributed by atoms with van der Waals surface area (Å²) in [5.41, 5.74) is 5.30. The summed E-state index contributed by atoms with van der Waals surface area (Å²) in [5, 5.41) is 18.1. The smallest absolute Gasteiger partial charge is 0.284 e. The molecule has 0 bridgehead atoms. The van der Waals surface area contributed by atoms with Gasteiger partial charge in [0.05, 0.1) is 27.4 Å². The summed E-state index contributed by atoms with van der Waals surface area (Å²) in [6, 6.07) is 24.2. The van der Waals surface area contributed by atoms with E-state index >= 15 is 0 Å². The highest BCUT2D eigenvalue weighted by Crippen LogP contribution is 2.36. The maximum absolute atomic E-state index is 14.0. The molecule has 5 rings (SSSR count). The molecule has 0 radical (unpaired) electrons. The second kappa shape index (κ2) is 9.69. The molecule has 38 heavy (non-hydrogen) atoms. The number of hydrogen-bond donors (Lipinski definition) is 1. The molecule has 5 aromatic rings. The van der Waals surface area contributed by atoms with Crippen LogP contribution in [0, 0.1) is 28.2 Å². The van der Waals surface area contributed by atoms with Crippen molar-refractivity contribution in [3.63, 3.8) is 0 Å². The number of H-pyrrole nitrogens is 1. The predicted molar refractivity (Wildman–Crippen MR) is 156 cm³/mol. The van der Waals surface area contributed by atoms with Gasteiger partial charge in [0.2, 0.25) is 0 Å². The van der Waals surface area contributed by atoms with Gasteiger partial charge < -0.3 is 0 Å². The van der Waals surface area contributed by atoms with Crippen LogP contribution in [-0.2, 0) is 0 Å². The molecule has 0 atom stereocenters. The third-order valence-electron chi connectivity index (χ3n) is 6.06. The third-order valence-corrected chi connectivity index (χ3v) is 6.77. The van der Waals surface area contributed by atoms with Gasteiger partial charge in [-0.25, -0.2) is 4.98 Å². The van der Waals surface area contributed by atoms with Gasteiger partial charge in [-0.05, 0) is 60.1 Å². The van der Waals surface area contributed by atoms with Gasteiger partial charge in [-0.2, -0.15) is 14.5 Å². The molecule has 0 saturated carbocycles. The molecular formula is C30H26N4O3S. The number of aryl methyl sites for hydroxylation is 1. The Morgan fingerprint density at radius 1 is 0.895 bits per heavy atom. The maximum Gasteiger partial charge on any atom is 0.284 e. The minimum atomic E-state index is -1.21. The van der Waals surface area contributed by atoms with Gasteiger partial charge in [-0.1, -0.05) is 60.7 Å². The average Bonchev–Trinajstić information content (AvgIpc) is 3.27. The van der Waals surface area contributed by atoms with E-state index in [1.165, 1.54) is 10.6 Å². The quantitative estimate of drug-likeness (QED) is 0.172. The summed E-state index contributed by atoms with van der Waals surface area (Å²) >= 11 is 0. The van der Waals surface area contributed by atoms with E-state index < -0.39 is 15.0 Å². The van der Waals surface area contributed by atoms with Gasteiger partial charge in [0.15, 0.2) is 5.65 Å². The standard InChI is InChI=1S/C30H26N4O3S/c1-20-26(24-15-16-25(34(36)37)23(19-24)17-18-38(2,3)4)30(35)33-29(31-20)27(21-11-7-5-8-12-21)28(32-33)22-13-9-6-10-14-22/h5-16,19,32H,1-4H3. The molecule has 7 nitrogen and oxygen atoms in total. The summed E-state index contributed by atoms with van der Waals surface area (Å²) in [6.07, 6.45) is 6.05. The van der Waals surface area contributed by atoms with Crippen LogP contribution in [0.3, 0.4) is 0 Å². The second-order valence-electron chi connectivity index (χ2n) is 9.68. The molecule has 0 unspecified atom stereocenters. The van der Waals surface area contributed by atoms with Crippen molar-refractivity contribution >= 4 is 21.4 Å². The molecule has 0 aliphatic rings. The molecule has 3 aromatic carbocycles. The number of rotatable bonds is 4. The SMILES string of the molecule is Cc1nc2c(-c3ccccc3)c(-c3ccccc3)[nH]n2c(=O)c1-c1ccc([N+](=O)[O-])c(C#CS(C)(C)C)c1. The summed E-state index contributed by atoms with van der Waals surface area (Å²) in [6.45, 7) is 1.78. The number of hydrogen-bond acceptors (Lipinski definition) is 4. The van der Waals surface area contributed by atoms with Gasteiger partial charge in [0, 0.05) is 11.6 Å². The lowest BCUT2D eigenvalue weighted by Gasteiger charge is -2.15. The number of nitro groups is 1. The molecule has 1 N–H and O–H groups in total. The van der Waals surface area contributed by atoms with Crippen molar-refractivity contribution in [3.05, 3.63) is 111 Å². The summed E-state index contributed by atoms with van der Waals surface area (Å²) in [7, 11) is -1.21. The summed E-state index contributed by atoms with van der Waals surface area (Å²) in [4.78, 5) is 30.1. The largest absolute Gasteiger partial charge is 0.288 e. The molecule has 190 valence electrons. The van der Waals surface area contributed by atoms with Crippen LogP contribution in [0.4, 0.5) is 5.69 Å². The number of fused-ring (bicyclic) bond motifs is 1. The predicted octanol–water partition coefficient (Wildman–Crippen LogP) is 6.24. The van der Waals surface area contributed by atoms with Crippen molar-refractivity contribution < 1.29 is 4.92 Å². The Labute approximate surface area is 221 Å². The van der Waals surface area contributed by atoms with Gasteiger partial charge in [0.1, 0.15) is 5.56 Å². The van der Waals surface area contributed by atoms with E-state index in [1.807, 2.05) is 79.4 Å². The highest BCUT2D eigenvalue weighted by molar-refractivity contribution is 8.35. The first-order chi connectivity index (χ1) is 18.1. The van der Waals surface area contributed by atoms with Crippen LogP contribution < -0.4 is 5.56 Å². The lowest BCUT2D eigenvalue weighted by molar-refractivity contribution is -0.385. The molecule has 0 spiro atoms.